The number of nitrogens with zero attached hydrogens (tertiary/aromatic N) is 4. The van der Waals surface area contributed by atoms with E-state index >= 15 is 0 Å². The second-order valence-electron chi connectivity index (χ2n) is 7.30. The van der Waals surface area contributed by atoms with Gasteiger partial charge >= 0.3 is 0 Å². The summed E-state index contributed by atoms with van der Waals surface area (Å²) in [4.78, 5) is 23.4. The molecule has 2 aromatic rings. The second kappa shape index (κ2) is 8.58. The number of hydrogen-bond acceptors (Lipinski definition) is 6. The van der Waals surface area contributed by atoms with Crippen molar-refractivity contribution in [1.29, 1.82) is 0 Å². The molecule has 3 heterocycles. The average Bonchev–Trinajstić information content (AvgIpc) is 2.76. The van der Waals surface area contributed by atoms with Gasteiger partial charge in [0, 0.05) is 50.6 Å². The van der Waals surface area contributed by atoms with E-state index in [2.05, 4.69) is 51.4 Å². The van der Waals surface area contributed by atoms with Crippen LogP contribution in [0.1, 0.15) is 10.5 Å². The Morgan fingerprint density at radius 2 is 1.61 bits per heavy atom. The molecule has 1 amide bonds. The summed E-state index contributed by atoms with van der Waals surface area (Å²) in [6.07, 6.45) is 1.71. The van der Waals surface area contributed by atoms with Crippen LogP contribution in [-0.4, -0.2) is 80.2 Å². The first-order chi connectivity index (χ1) is 13.7. The SMILES string of the molecule is CN1CCN(c2ccc(Nc3ccc(C(=O)N4CCOCC4)nc3)cc2)CC1. The van der Waals surface area contributed by atoms with Crippen molar-refractivity contribution < 1.29 is 9.53 Å². The third-order valence-electron chi connectivity index (χ3n) is 5.31. The van der Waals surface area contributed by atoms with Gasteiger partial charge in [0.25, 0.3) is 5.91 Å². The number of aromatic nitrogens is 1. The number of likely N-dealkylation sites (N-methyl/N-ethyl adjacent to an activating group) is 1. The molecule has 0 spiro atoms. The Hall–Kier alpha value is -2.64. The van der Waals surface area contributed by atoms with Gasteiger partial charge in [0.15, 0.2) is 0 Å². The number of pyridine rings is 1. The van der Waals surface area contributed by atoms with Gasteiger partial charge in [0.2, 0.25) is 0 Å². The zero-order valence-electron chi connectivity index (χ0n) is 16.3. The summed E-state index contributed by atoms with van der Waals surface area (Å²) >= 11 is 0. The predicted molar refractivity (Wildman–Crippen MR) is 110 cm³/mol. The van der Waals surface area contributed by atoms with Crippen LogP contribution in [0.5, 0.6) is 0 Å². The fraction of sp³-hybridized carbons (Fsp3) is 0.429. The Bertz CT molecular complexity index is 779. The number of rotatable bonds is 4. The molecule has 2 saturated heterocycles. The van der Waals surface area contributed by atoms with Crippen LogP contribution in [0.4, 0.5) is 17.1 Å². The Morgan fingerprint density at radius 1 is 0.929 bits per heavy atom. The van der Waals surface area contributed by atoms with Gasteiger partial charge in [-0.15, -0.1) is 0 Å². The number of carbonyl (C=O) groups excluding carboxylic acids is 1. The molecule has 148 valence electrons. The van der Waals surface area contributed by atoms with Crippen molar-refractivity contribution in [2.24, 2.45) is 0 Å². The molecule has 1 N–H and O–H groups in total. The van der Waals surface area contributed by atoms with Crippen LogP contribution in [0, 0.1) is 0 Å². The van der Waals surface area contributed by atoms with Gasteiger partial charge in [-0.3, -0.25) is 4.79 Å². The van der Waals surface area contributed by atoms with Crippen molar-refractivity contribution in [3.63, 3.8) is 0 Å². The molecular weight excluding hydrogens is 354 g/mol. The van der Waals surface area contributed by atoms with Crippen LogP contribution in [0.15, 0.2) is 42.6 Å². The minimum absolute atomic E-state index is 0.0358. The van der Waals surface area contributed by atoms with Crippen molar-refractivity contribution in [2.45, 2.75) is 0 Å². The lowest BCUT2D eigenvalue weighted by molar-refractivity contribution is 0.0299. The lowest BCUT2D eigenvalue weighted by Crippen LogP contribution is -2.44. The number of amides is 1. The number of carbonyl (C=O) groups is 1. The summed E-state index contributed by atoms with van der Waals surface area (Å²) in [5.74, 6) is -0.0358. The van der Waals surface area contributed by atoms with E-state index in [0.717, 1.165) is 37.6 Å². The fourth-order valence-corrected chi connectivity index (χ4v) is 3.51. The molecular formula is C21H27N5O2. The van der Waals surface area contributed by atoms with E-state index in [1.165, 1.54) is 5.69 Å². The van der Waals surface area contributed by atoms with Gasteiger partial charge in [-0.05, 0) is 43.4 Å². The summed E-state index contributed by atoms with van der Waals surface area (Å²) in [5.41, 5.74) is 3.60. The first-order valence-corrected chi connectivity index (χ1v) is 9.83. The van der Waals surface area contributed by atoms with Crippen LogP contribution in [0.2, 0.25) is 0 Å². The van der Waals surface area contributed by atoms with E-state index in [-0.39, 0.29) is 5.91 Å². The number of piperazine rings is 1. The molecule has 2 fully saturated rings. The van der Waals surface area contributed by atoms with E-state index in [1.54, 1.807) is 17.2 Å². The van der Waals surface area contributed by atoms with Gasteiger partial charge in [-0.2, -0.15) is 0 Å². The van der Waals surface area contributed by atoms with Gasteiger partial charge in [0.05, 0.1) is 25.1 Å². The lowest BCUT2D eigenvalue weighted by atomic mass is 10.2. The Morgan fingerprint density at radius 3 is 2.25 bits per heavy atom. The number of ether oxygens (including phenoxy) is 1. The molecule has 7 nitrogen and oxygen atoms in total. The molecule has 1 aromatic carbocycles. The quantitative estimate of drug-likeness (QED) is 0.875. The molecule has 28 heavy (non-hydrogen) atoms. The molecule has 0 atom stereocenters. The topological polar surface area (TPSA) is 60.9 Å². The van der Waals surface area contributed by atoms with Crippen LogP contribution in [-0.2, 0) is 4.74 Å². The number of anilines is 3. The highest BCUT2D eigenvalue weighted by atomic mass is 16.5. The molecule has 4 rings (SSSR count). The summed E-state index contributed by atoms with van der Waals surface area (Å²) in [6, 6.07) is 12.1. The van der Waals surface area contributed by atoms with Gasteiger partial charge < -0.3 is 24.8 Å². The van der Waals surface area contributed by atoms with E-state index < -0.39 is 0 Å². The van der Waals surface area contributed by atoms with E-state index in [0.29, 0.717) is 32.0 Å². The highest BCUT2D eigenvalue weighted by molar-refractivity contribution is 5.92. The first-order valence-electron chi connectivity index (χ1n) is 9.83. The predicted octanol–water partition coefficient (Wildman–Crippen LogP) is 2.05. The fourth-order valence-electron chi connectivity index (χ4n) is 3.51. The molecule has 0 aliphatic carbocycles. The number of hydrogen-bond donors (Lipinski definition) is 1. The molecule has 1 aromatic heterocycles. The van der Waals surface area contributed by atoms with E-state index in [4.69, 9.17) is 4.74 Å². The Balaban J connectivity index is 1.35. The minimum atomic E-state index is -0.0358. The largest absolute Gasteiger partial charge is 0.378 e. The van der Waals surface area contributed by atoms with Gasteiger partial charge in [-0.1, -0.05) is 0 Å². The molecule has 2 aliphatic rings. The van der Waals surface area contributed by atoms with Crippen molar-refractivity contribution >= 4 is 23.0 Å². The molecule has 2 aliphatic heterocycles. The highest BCUT2D eigenvalue weighted by Gasteiger charge is 2.19. The van der Waals surface area contributed by atoms with Crippen molar-refractivity contribution in [3.05, 3.63) is 48.3 Å². The maximum absolute atomic E-state index is 12.5. The molecule has 0 bridgehead atoms. The maximum atomic E-state index is 12.5. The molecule has 0 unspecified atom stereocenters. The third-order valence-corrected chi connectivity index (χ3v) is 5.31. The molecule has 0 radical (unpaired) electrons. The van der Waals surface area contributed by atoms with E-state index in [9.17, 15) is 4.79 Å². The minimum Gasteiger partial charge on any atom is -0.378 e. The zero-order valence-corrected chi connectivity index (χ0v) is 16.3. The zero-order chi connectivity index (χ0) is 19.3. The summed E-state index contributed by atoms with van der Waals surface area (Å²) in [5, 5.41) is 3.35. The average molecular weight is 381 g/mol. The lowest BCUT2D eigenvalue weighted by Gasteiger charge is -2.34. The number of morpholine rings is 1. The van der Waals surface area contributed by atoms with Crippen molar-refractivity contribution in [2.75, 3.05) is 69.7 Å². The van der Waals surface area contributed by atoms with E-state index in [1.807, 2.05) is 6.07 Å². The summed E-state index contributed by atoms with van der Waals surface area (Å²) < 4.78 is 5.29. The summed E-state index contributed by atoms with van der Waals surface area (Å²) in [6.45, 7) is 6.76. The molecule has 7 heteroatoms. The van der Waals surface area contributed by atoms with Crippen LogP contribution in [0.25, 0.3) is 0 Å². The highest BCUT2D eigenvalue weighted by Crippen LogP contribution is 2.22. The van der Waals surface area contributed by atoms with Crippen molar-refractivity contribution in [1.82, 2.24) is 14.8 Å². The third kappa shape index (κ3) is 4.43. The van der Waals surface area contributed by atoms with Crippen molar-refractivity contribution in [3.8, 4) is 0 Å². The normalized spacial score (nSPS) is 18.2. The second-order valence-corrected chi connectivity index (χ2v) is 7.30. The number of nitrogens with one attached hydrogen (secondary N) is 1. The Kier molecular flexibility index (Phi) is 5.73. The first kappa shape index (κ1) is 18.7. The molecule has 0 saturated carbocycles. The van der Waals surface area contributed by atoms with Crippen LogP contribution >= 0.6 is 0 Å². The van der Waals surface area contributed by atoms with Crippen LogP contribution < -0.4 is 10.2 Å². The maximum Gasteiger partial charge on any atom is 0.272 e. The summed E-state index contributed by atoms with van der Waals surface area (Å²) in [7, 11) is 2.16. The van der Waals surface area contributed by atoms with Gasteiger partial charge in [0.1, 0.15) is 5.69 Å². The Labute approximate surface area is 165 Å². The van der Waals surface area contributed by atoms with Crippen LogP contribution in [0.3, 0.4) is 0 Å². The number of benzene rings is 1. The van der Waals surface area contributed by atoms with Gasteiger partial charge in [-0.25, -0.2) is 4.98 Å². The standard InChI is InChI=1S/C21H27N5O2/c1-24-8-10-25(11-9-24)19-5-2-17(3-6-19)23-18-4-7-20(22-16-18)21(27)26-12-14-28-15-13-26/h2-7,16,23H,8-15H2,1H3. The monoisotopic (exact) mass is 381 g/mol. The smallest absolute Gasteiger partial charge is 0.272 e.